The fraction of sp³-hybridized carbons (Fsp3) is 0.400. The van der Waals surface area contributed by atoms with Crippen LogP contribution in [0.15, 0.2) is 42.6 Å². The molecule has 1 aromatic carbocycles. The highest BCUT2D eigenvalue weighted by Gasteiger charge is 2.32. The molecule has 6 nitrogen and oxygen atoms in total. The first-order valence-corrected chi connectivity index (χ1v) is 11.0. The van der Waals surface area contributed by atoms with Crippen LogP contribution >= 0.6 is 0 Å². The van der Waals surface area contributed by atoms with Crippen LogP contribution in [-0.4, -0.2) is 54.9 Å². The first-order valence-electron chi connectivity index (χ1n) is 9.14. The molecule has 0 N–H and O–H groups in total. The third-order valence-corrected chi connectivity index (χ3v) is 6.27. The van der Waals surface area contributed by atoms with Crippen LogP contribution in [0.3, 0.4) is 0 Å². The van der Waals surface area contributed by atoms with Crippen molar-refractivity contribution in [2.24, 2.45) is 0 Å². The number of benzene rings is 1. The zero-order valence-corrected chi connectivity index (χ0v) is 16.8. The number of likely N-dealkylation sites (tertiary alicyclic amines) is 1. The lowest BCUT2D eigenvalue weighted by atomic mass is 10.0. The van der Waals surface area contributed by atoms with Crippen LogP contribution in [0, 0.1) is 5.82 Å². The van der Waals surface area contributed by atoms with Crippen molar-refractivity contribution < 1.29 is 17.6 Å². The van der Waals surface area contributed by atoms with Crippen LogP contribution in [-0.2, 0) is 21.2 Å². The summed E-state index contributed by atoms with van der Waals surface area (Å²) < 4.78 is 37.2. The molecule has 1 aliphatic rings. The van der Waals surface area contributed by atoms with Crippen molar-refractivity contribution in [3.05, 3.63) is 65.2 Å². The van der Waals surface area contributed by atoms with Gasteiger partial charge in [-0.1, -0.05) is 18.2 Å². The van der Waals surface area contributed by atoms with Gasteiger partial charge >= 0.3 is 0 Å². The molecular weight excluding hydrogens is 381 g/mol. The number of carbonyl (C=O) groups excluding carboxylic acids is 1. The summed E-state index contributed by atoms with van der Waals surface area (Å²) in [6.45, 7) is 0.429. The summed E-state index contributed by atoms with van der Waals surface area (Å²) in [7, 11) is -2.00. The molecule has 0 aliphatic carbocycles. The molecule has 1 fully saturated rings. The molecule has 1 saturated heterocycles. The molecule has 28 heavy (non-hydrogen) atoms. The summed E-state index contributed by atoms with van der Waals surface area (Å²) in [6.07, 6.45) is 5.18. The summed E-state index contributed by atoms with van der Waals surface area (Å²) in [5, 5.41) is 0. The van der Waals surface area contributed by atoms with Crippen LogP contribution in [0.5, 0.6) is 0 Å². The quantitative estimate of drug-likeness (QED) is 0.740. The van der Waals surface area contributed by atoms with Crippen LogP contribution in [0.2, 0.25) is 0 Å². The van der Waals surface area contributed by atoms with Gasteiger partial charge in [0.15, 0.2) is 0 Å². The van der Waals surface area contributed by atoms with Crippen LogP contribution in [0.1, 0.15) is 35.7 Å². The average Bonchev–Trinajstić information content (AvgIpc) is 3.13. The number of hydrogen-bond donors (Lipinski definition) is 0. The fourth-order valence-corrected chi connectivity index (χ4v) is 3.69. The largest absolute Gasteiger partial charge is 0.333 e. The molecule has 1 amide bonds. The van der Waals surface area contributed by atoms with Gasteiger partial charge in [0, 0.05) is 19.8 Å². The van der Waals surface area contributed by atoms with Crippen LogP contribution < -0.4 is 0 Å². The Morgan fingerprint density at radius 3 is 2.50 bits per heavy atom. The Morgan fingerprint density at radius 2 is 1.89 bits per heavy atom. The van der Waals surface area contributed by atoms with Gasteiger partial charge in [0.05, 0.1) is 24.5 Å². The van der Waals surface area contributed by atoms with E-state index in [2.05, 4.69) is 4.98 Å². The van der Waals surface area contributed by atoms with Gasteiger partial charge in [-0.3, -0.25) is 9.78 Å². The number of rotatable bonds is 6. The van der Waals surface area contributed by atoms with Gasteiger partial charge in [0.1, 0.15) is 5.82 Å². The highest BCUT2D eigenvalue weighted by Crippen LogP contribution is 2.31. The second-order valence-electron chi connectivity index (χ2n) is 7.16. The minimum absolute atomic E-state index is 0.139. The summed E-state index contributed by atoms with van der Waals surface area (Å²) in [4.78, 5) is 18.8. The molecule has 1 aromatic heterocycles. The van der Waals surface area contributed by atoms with Crippen LogP contribution in [0.25, 0.3) is 0 Å². The standard InChI is InChI=1S/C20H24FN3O3S/c1-23(28(2,26)27)14-20(25)24-11-3-4-19(24)18-10-7-16(13-22-18)12-15-5-8-17(21)9-6-15/h5-10,13,19H,3-4,11-12,14H2,1-2H3/t19-/m1/s1. The molecule has 0 radical (unpaired) electrons. The van der Waals surface area contributed by atoms with Crippen molar-refractivity contribution in [3.63, 3.8) is 0 Å². The Hall–Kier alpha value is -2.32. The molecule has 2 aromatic rings. The SMILES string of the molecule is CN(CC(=O)N1CCC[C@@H]1c1ccc(Cc2ccc(F)cc2)cn1)S(C)(=O)=O. The smallest absolute Gasteiger partial charge is 0.238 e. The van der Waals surface area contributed by atoms with Crippen molar-refractivity contribution in [3.8, 4) is 0 Å². The van der Waals surface area contributed by atoms with E-state index in [1.807, 2.05) is 12.1 Å². The maximum atomic E-state index is 13.0. The number of sulfonamides is 1. The highest BCUT2D eigenvalue weighted by molar-refractivity contribution is 7.88. The predicted molar refractivity (Wildman–Crippen MR) is 105 cm³/mol. The molecule has 3 rings (SSSR count). The normalized spacial score (nSPS) is 17.3. The fourth-order valence-electron chi connectivity index (χ4n) is 3.35. The van der Waals surface area contributed by atoms with Gasteiger partial charge in [-0.2, -0.15) is 4.31 Å². The van der Waals surface area contributed by atoms with Gasteiger partial charge in [0.2, 0.25) is 15.9 Å². The topological polar surface area (TPSA) is 70.6 Å². The Balaban J connectivity index is 1.68. The number of hydrogen-bond acceptors (Lipinski definition) is 4. The monoisotopic (exact) mass is 405 g/mol. The van der Waals surface area contributed by atoms with Gasteiger partial charge in [-0.15, -0.1) is 0 Å². The number of nitrogens with zero attached hydrogens (tertiary/aromatic N) is 3. The van der Waals surface area contributed by atoms with E-state index >= 15 is 0 Å². The zero-order valence-electron chi connectivity index (χ0n) is 16.0. The van der Waals surface area contributed by atoms with Crippen molar-refractivity contribution in [1.29, 1.82) is 0 Å². The molecule has 2 heterocycles. The van der Waals surface area contributed by atoms with Crippen LogP contribution in [0.4, 0.5) is 4.39 Å². The molecule has 1 atom stereocenters. The Morgan fingerprint density at radius 1 is 1.21 bits per heavy atom. The zero-order chi connectivity index (χ0) is 20.3. The lowest BCUT2D eigenvalue weighted by Gasteiger charge is -2.26. The average molecular weight is 405 g/mol. The highest BCUT2D eigenvalue weighted by atomic mass is 32.2. The van der Waals surface area contributed by atoms with E-state index in [0.717, 1.165) is 40.2 Å². The molecule has 150 valence electrons. The minimum Gasteiger partial charge on any atom is -0.333 e. The Kier molecular flexibility index (Phi) is 6.10. The van der Waals surface area contributed by atoms with Crippen molar-refractivity contribution in [2.45, 2.75) is 25.3 Å². The maximum absolute atomic E-state index is 13.0. The van der Waals surface area contributed by atoms with E-state index in [1.165, 1.54) is 19.2 Å². The Bertz CT molecular complexity index is 930. The number of amides is 1. The lowest BCUT2D eigenvalue weighted by molar-refractivity contribution is -0.132. The number of aromatic nitrogens is 1. The summed E-state index contributed by atoms with van der Waals surface area (Å²) in [5.41, 5.74) is 2.80. The molecule has 0 unspecified atom stereocenters. The summed E-state index contributed by atoms with van der Waals surface area (Å²) in [5.74, 6) is -0.475. The van der Waals surface area contributed by atoms with Gasteiger partial charge in [-0.05, 0) is 48.6 Å². The lowest BCUT2D eigenvalue weighted by Crippen LogP contribution is -2.40. The first kappa shape index (κ1) is 20.4. The molecule has 8 heteroatoms. The summed E-state index contributed by atoms with van der Waals surface area (Å²) >= 11 is 0. The van der Waals surface area contributed by atoms with Gasteiger partial charge in [0.25, 0.3) is 0 Å². The molecule has 0 spiro atoms. The second kappa shape index (κ2) is 8.36. The van der Waals surface area contributed by atoms with E-state index < -0.39 is 10.0 Å². The van der Waals surface area contributed by atoms with Gasteiger partial charge < -0.3 is 4.90 Å². The number of pyridine rings is 1. The number of likely N-dealkylation sites (N-methyl/N-ethyl adjacent to an activating group) is 1. The number of halogens is 1. The van der Waals surface area contributed by atoms with E-state index in [0.29, 0.717) is 13.0 Å². The first-order chi connectivity index (χ1) is 13.2. The predicted octanol–water partition coefficient (Wildman–Crippen LogP) is 2.37. The van der Waals surface area contributed by atoms with Crippen molar-refractivity contribution in [2.75, 3.05) is 26.4 Å². The molecule has 0 bridgehead atoms. The van der Waals surface area contributed by atoms with E-state index in [9.17, 15) is 17.6 Å². The Labute approximate surface area is 165 Å². The van der Waals surface area contributed by atoms with E-state index in [-0.39, 0.29) is 24.3 Å². The number of carbonyl (C=O) groups is 1. The van der Waals surface area contributed by atoms with Gasteiger partial charge in [-0.25, -0.2) is 12.8 Å². The minimum atomic E-state index is -3.40. The van der Waals surface area contributed by atoms with Crippen molar-refractivity contribution in [1.82, 2.24) is 14.2 Å². The summed E-state index contributed by atoms with van der Waals surface area (Å²) in [6, 6.07) is 10.1. The van der Waals surface area contributed by atoms with E-state index in [1.54, 1.807) is 23.2 Å². The second-order valence-corrected chi connectivity index (χ2v) is 9.25. The molecule has 1 aliphatic heterocycles. The molecular formula is C20H24FN3O3S. The van der Waals surface area contributed by atoms with E-state index in [4.69, 9.17) is 0 Å². The van der Waals surface area contributed by atoms with Crippen molar-refractivity contribution >= 4 is 15.9 Å². The maximum Gasteiger partial charge on any atom is 0.238 e. The third kappa shape index (κ3) is 4.94. The molecule has 0 saturated carbocycles. The third-order valence-electron chi connectivity index (χ3n) is 5.01.